The largest absolute Gasteiger partial charge is 0.507 e. The summed E-state index contributed by atoms with van der Waals surface area (Å²) in [7, 11) is 2.14. The highest BCUT2D eigenvalue weighted by Gasteiger charge is 2.20. The van der Waals surface area contributed by atoms with Crippen LogP contribution in [0.5, 0.6) is 11.5 Å². The third kappa shape index (κ3) is 3.40. The van der Waals surface area contributed by atoms with Gasteiger partial charge in [-0.3, -0.25) is 0 Å². The molecular weight excluding hydrogens is 358 g/mol. The Hall–Kier alpha value is -2.73. The fraction of sp³-hybridized carbons (Fsp3) is 0.409. The lowest BCUT2D eigenvalue weighted by Crippen LogP contribution is -2.40. The molecule has 1 atom stereocenters. The Morgan fingerprint density at radius 3 is 2.79 bits per heavy atom. The van der Waals surface area contributed by atoms with Crippen LogP contribution in [0, 0.1) is 13.8 Å². The second kappa shape index (κ2) is 7.36. The third-order valence-corrected chi connectivity index (χ3v) is 5.63. The molecule has 4 rings (SSSR count). The molecule has 1 aromatic carbocycles. The molecule has 2 aromatic heterocycles. The van der Waals surface area contributed by atoms with Gasteiger partial charge in [-0.15, -0.1) is 0 Å². The first-order chi connectivity index (χ1) is 13.4. The van der Waals surface area contributed by atoms with E-state index in [0.29, 0.717) is 29.6 Å². The SMILES string of the molecule is Cc1c(-c2cc3cc(OCC4CCCCN4C)ccc3o2)oc(=O)c(C)c1O. The molecule has 0 bridgehead atoms. The highest BCUT2D eigenvalue weighted by atomic mass is 16.5. The first kappa shape index (κ1) is 18.6. The lowest BCUT2D eigenvalue weighted by Gasteiger charge is -2.32. The summed E-state index contributed by atoms with van der Waals surface area (Å²) < 4.78 is 17.2. The first-order valence-corrected chi connectivity index (χ1v) is 9.64. The van der Waals surface area contributed by atoms with E-state index in [0.717, 1.165) is 24.1 Å². The number of piperidine rings is 1. The summed E-state index contributed by atoms with van der Waals surface area (Å²) in [5.74, 6) is 1.37. The van der Waals surface area contributed by atoms with Crippen molar-refractivity contribution in [3.05, 3.63) is 45.8 Å². The number of likely N-dealkylation sites (N-methyl/N-ethyl adjacent to an activating group) is 1. The standard InChI is InChI=1S/C22H25NO5/c1-13-20(24)14(2)22(25)28-21(13)19-11-15-10-17(7-8-18(15)27-19)26-12-16-6-4-5-9-23(16)3/h7-8,10-11,16,24H,4-6,9,12H2,1-3H3. The quantitative estimate of drug-likeness (QED) is 0.726. The van der Waals surface area contributed by atoms with E-state index in [2.05, 4.69) is 11.9 Å². The molecule has 0 spiro atoms. The van der Waals surface area contributed by atoms with Gasteiger partial charge in [-0.2, -0.15) is 0 Å². The Morgan fingerprint density at radius 2 is 2.00 bits per heavy atom. The maximum atomic E-state index is 11.9. The topological polar surface area (TPSA) is 76.0 Å². The number of furan rings is 1. The van der Waals surface area contributed by atoms with Crippen molar-refractivity contribution in [3.63, 3.8) is 0 Å². The summed E-state index contributed by atoms with van der Waals surface area (Å²) in [5, 5.41) is 11.0. The van der Waals surface area contributed by atoms with E-state index in [-0.39, 0.29) is 17.1 Å². The third-order valence-electron chi connectivity index (χ3n) is 5.63. The Labute approximate surface area is 163 Å². The molecular formula is C22H25NO5. The molecule has 0 saturated carbocycles. The number of ether oxygens (including phenoxy) is 1. The summed E-state index contributed by atoms with van der Waals surface area (Å²) in [6.07, 6.45) is 3.65. The van der Waals surface area contributed by atoms with Crippen molar-refractivity contribution in [1.29, 1.82) is 0 Å². The Balaban J connectivity index is 1.60. The zero-order valence-electron chi connectivity index (χ0n) is 16.4. The number of rotatable bonds is 4. The van der Waals surface area contributed by atoms with Crippen LogP contribution in [0.3, 0.4) is 0 Å². The van der Waals surface area contributed by atoms with Crippen LogP contribution in [-0.4, -0.2) is 36.2 Å². The first-order valence-electron chi connectivity index (χ1n) is 9.64. The zero-order valence-corrected chi connectivity index (χ0v) is 16.4. The van der Waals surface area contributed by atoms with E-state index in [9.17, 15) is 9.90 Å². The van der Waals surface area contributed by atoms with Crippen LogP contribution in [0.1, 0.15) is 30.4 Å². The monoisotopic (exact) mass is 383 g/mol. The molecule has 1 saturated heterocycles. The van der Waals surface area contributed by atoms with Gasteiger partial charge in [-0.25, -0.2) is 4.79 Å². The number of hydrogen-bond donors (Lipinski definition) is 1. The van der Waals surface area contributed by atoms with Crippen LogP contribution >= 0.6 is 0 Å². The number of nitrogens with zero attached hydrogens (tertiary/aromatic N) is 1. The fourth-order valence-corrected chi connectivity index (χ4v) is 3.74. The van der Waals surface area contributed by atoms with Gasteiger partial charge in [0.05, 0.1) is 5.56 Å². The molecule has 28 heavy (non-hydrogen) atoms. The average Bonchev–Trinajstić information content (AvgIpc) is 3.11. The number of aromatic hydroxyl groups is 1. The van der Waals surface area contributed by atoms with E-state index in [4.69, 9.17) is 13.6 Å². The van der Waals surface area contributed by atoms with Crippen molar-refractivity contribution in [2.45, 2.75) is 39.2 Å². The molecule has 1 fully saturated rings. The highest BCUT2D eigenvalue weighted by Crippen LogP contribution is 2.34. The number of hydrogen-bond acceptors (Lipinski definition) is 6. The highest BCUT2D eigenvalue weighted by molar-refractivity contribution is 5.84. The van der Waals surface area contributed by atoms with Crippen molar-refractivity contribution in [2.75, 3.05) is 20.2 Å². The molecule has 0 amide bonds. The summed E-state index contributed by atoms with van der Waals surface area (Å²) >= 11 is 0. The normalized spacial score (nSPS) is 17.9. The molecule has 1 aliphatic heterocycles. The Kier molecular flexibility index (Phi) is 4.89. The minimum atomic E-state index is -0.570. The summed E-state index contributed by atoms with van der Waals surface area (Å²) in [4.78, 5) is 14.3. The summed E-state index contributed by atoms with van der Waals surface area (Å²) in [6, 6.07) is 7.90. The maximum Gasteiger partial charge on any atom is 0.343 e. The molecule has 0 radical (unpaired) electrons. The number of likely N-dealkylation sites (tertiary alicyclic amines) is 1. The molecule has 1 aliphatic rings. The van der Waals surface area contributed by atoms with Gasteiger partial charge in [-0.1, -0.05) is 6.42 Å². The van der Waals surface area contributed by atoms with Gasteiger partial charge < -0.3 is 23.6 Å². The zero-order chi connectivity index (χ0) is 19.8. The molecule has 1 unspecified atom stereocenters. The smallest absolute Gasteiger partial charge is 0.343 e. The second-order valence-corrected chi connectivity index (χ2v) is 7.57. The lowest BCUT2D eigenvalue weighted by atomic mass is 10.0. The van der Waals surface area contributed by atoms with E-state index in [1.165, 1.54) is 19.8 Å². The van der Waals surface area contributed by atoms with Gasteiger partial charge in [0, 0.05) is 17.0 Å². The predicted molar refractivity (Wildman–Crippen MR) is 107 cm³/mol. The van der Waals surface area contributed by atoms with E-state index < -0.39 is 5.63 Å². The molecule has 3 heterocycles. The van der Waals surface area contributed by atoms with E-state index in [1.807, 2.05) is 18.2 Å². The van der Waals surface area contributed by atoms with Crippen molar-refractivity contribution in [1.82, 2.24) is 4.90 Å². The average molecular weight is 383 g/mol. The van der Waals surface area contributed by atoms with Crippen molar-refractivity contribution in [3.8, 4) is 23.0 Å². The molecule has 6 heteroatoms. The lowest BCUT2D eigenvalue weighted by molar-refractivity contribution is 0.125. The molecule has 148 valence electrons. The van der Waals surface area contributed by atoms with Gasteiger partial charge >= 0.3 is 5.63 Å². The van der Waals surface area contributed by atoms with Crippen LogP contribution in [0.2, 0.25) is 0 Å². The predicted octanol–water partition coefficient (Wildman–Crippen LogP) is 4.24. The summed E-state index contributed by atoms with van der Waals surface area (Å²) in [6.45, 7) is 5.01. The Bertz CT molecular complexity index is 1060. The van der Waals surface area contributed by atoms with Crippen LogP contribution in [0.4, 0.5) is 0 Å². The number of fused-ring (bicyclic) bond motifs is 1. The van der Waals surface area contributed by atoms with Gasteiger partial charge in [0.25, 0.3) is 0 Å². The van der Waals surface area contributed by atoms with Crippen molar-refractivity contribution >= 4 is 11.0 Å². The van der Waals surface area contributed by atoms with Crippen LogP contribution in [-0.2, 0) is 0 Å². The van der Waals surface area contributed by atoms with Crippen molar-refractivity contribution in [2.24, 2.45) is 0 Å². The molecule has 0 aliphatic carbocycles. The summed E-state index contributed by atoms with van der Waals surface area (Å²) in [5.41, 5.74) is 0.770. The minimum Gasteiger partial charge on any atom is -0.507 e. The van der Waals surface area contributed by atoms with Gasteiger partial charge in [0.1, 0.15) is 23.7 Å². The molecule has 6 nitrogen and oxygen atoms in total. The minimum absolute atomic E-state index is 0.0627. The van der Waals surface area contributed by atoms with E-state index >= 15 is 0 Å². The van der Waals surface area contributed by atoms with Crippen LogP contribution < -0.4 is 10.4 Å². The van der Waals surface area contributed by atoms with Gasteiger partial charge in [-0.05, 0) is 64.5 Å². The maximum absolute atomic E-state index is 11.9. The van der Waals surface area contributed by atoms with Crippen LogP contribution in [0.25, 0.3) is 22.5 Å². The van der Waals surface area contributed by atoms with Crippen LogP contribution in [0.15, 0.2) is 37.9 Å². The van der Waals surface area contributed by atoms with E-state index in [1.54, 1.807) is 13.0 Å². The van der Waals surface area contributed by atoms with Crippen molar-refractivity contribution < 1.29 is 18.7 Å². The van der Waals surface area contributed by atoms with Gasteiger partial charge in [0.2, 0.25) is 0 Å². The molecule has 1 N–H and O–H groups in total. The number of benzene rings is 1. The Morgan fingerprint density at radius 1 is 1.18 bits per heavy atom. The molecule has 3 aromatic rings. The second-order valence-electron chi connectivity index (χ2n) is 7.57. The fourth-order valence-electron chi connectivity index (χ4n) is 3.74. The van der Waals surface area contributed by atoms with Gasteiger partial charge in [0.15, 0.2) is 11.5 Å².